The maximum atomic E-state index is 13.4. The molecule has 3 rings (SSSR count). The van der Waals surface area contributed by atoms with Crippen LogP contribution in [0.2, 0.25) is 0 Å². The van der Waals surface area contributed by atoms with Crippen molar-refractivity contribution in [2.45, 2.75) is 163 Å². The number of nitrogens with one attached hydrogen (secondary N) is 1. The second kappa shape index (κ2) is 29.4. The molecule has 2 fully saturated rings. The molecule has 66 heavy (non-hydrogen) atoms. The summed E-state index contributed by atoms with van der Waals surface area (Å²) in [4.78, 5) is 25.9. The maximum Gasteiger partial charge on any atom is 0.308 e. The van der Waals surface area contributed by atoms with Gasteiger partial charge in [-0.3, -0.25) is 9.59 Å². The predicted octanol–water partition coefficient (Wildman–Crippen LogP) is -0.899. The van der Waals surface area contributed by atoms with Crippen LogP contribution >= 0.6 is 0 Å². The lowest BCUT2D eigenvalue weighted by Crippen LogP contribution is -2.59. The number of carbonyl (C=O) groups excluding carboxylic acids is 2. The summed E-state index contributed by atoms with van der Waals surface area (Å²) >= 11 is 0. The van der Waals surface area contributed by atoms with Gasteiger partial charge in [0.25, 0.3) is 0 Å². The first-order valence-electron chi connectivity index (χ1n) is 22.6. The fourth-order valence-electron chi connectivity index (χ4n) is 7.81. The summed E-state index contributed by atoms with van der Waals surface area (Å²) in [6.45, 7) is 2.62. The summed E-state index contributed by atoms with van der Waals surface area (Å²) in [5.41, 5.74) is 5.97. The van der Waals surface area contributed by atoms with Gasteiger partial charge < -0.3 is 86.2 Å². The van der Waals surface area contributed by atoms with Gasteiger partial charge in [0, 0.05) is 44.6 Å². The van der Waals surface area contributed by atoms with Crippen LogP contribution in [0, 0.1) is 11.8 Å². The van der Waals surface area contributed by atoms with Gasteiger partial charge in [0.05, 0.1) is 92.6 Å². The van der Waals surface area contributed by atoms with Crippen molar-refractivity contribution in [2.75, 3.05) is 19.8 Å². The number of rotatable bonds is 5. The Labute approximate surface area is 386 Å². The molecule has 1 amide bonds. The van der Waals surface area contributed by atoms with Gasteiger partial charge in [0.2, 0.25) is 5.91 Å². The zero-order valence-electron chi connectivity index (χ0n) is 37.8. The zero-order valence-corrected chi connectivity index (χ0v) is 37.8. The number of aliphatic hydroxyl groups excluding tert-OH is 10. The minimum Gasteiger partial charge on any atom is -0.462 e. The number of hydrogen-bond acceptors (Lipinski definition) is 18. The van der Waals surface area contributed by atoms with E-state index in [2.05, 4.69) is 5.32 Å². The summed E-state index contributed by atoms with van der Waals surface area (Å²) in [5.74, 6) is -5.33. The molecule has 2 saturated heterocycles. The van der Waals surface area contributed by atoms with E-state index in [0.717, 1.165) is 0 Å². The Morgan fingerprint density at radius 1 is 0.727 bits per heavy atom. The monoisotopic (exact) mass is 938 g/mol. The molecule has 374 valence electrons. The predicted molar refractivity (Wildman–Crippen MR) is 240 cm³/mol. The third kappa shape index (κ3) is 20.4. The lowest BCUT2D eigenvalue weighted by Gasteiger charge is -2.45. The lowest BCUT2D eigenvalue weighted by atomic mass is 9.82. The summed E-state index contributed by atoms with van der Waals surface area (Å²) < 4.78 is 23.1. The summed E-state index contributed by atoms with van der Waals surface area (Å²) in [6.07, 6.45) is 5.32. The van der Waals surface area contributed by atoms with E-state index >= 15 is 0 Å². The SMILES string of the molecule is C[C@H]1C[C@H](O)[C@@H](C)/C=C/C=C/C=C/C=C/C=C/C=C/C=C/C(O[C@@H]2OC[C@@H](O)[C@H](N)[C@@H]2O)C[C@@H]2OC(O)(CC(O)CC(O)C(O)CC[C@@H](O)CC(O)CC(=O)O1)C[C@H](O)[C@H]2C(=O)NCCO. The molecule has 0 saturated carbocycles. The van der Waals surface area contributed by atoms with Gasteiger partial charge in [-0.25, -0.2) is 0 Å². The van der Waals surface area contributed by atoms with Crippen molar-refractivity contribution in [1.82, 2.24) is 5.32 Å². The highest BCUT2D eigenvalue weighted by molar-refractivity contribution is 5.80. The van der Waals surface area contributed by atoms with Crippen LogP contribution < -0.4 is 11.1 Å². The average molecular weight is 939 g/mol. The van der Waals surface area contributed by atoms with Crippen molar-refractivity contribution in [1.29, 1.82) is 0 Å². The Balaban J connectivity index is 1.88. The van der Waals surface area contributed by atoms with Crippen molar-refractivity contribution in [3.8, 4) is 0 Å². The largest absolute Gasteiger partial charge is 0.462 e. The number of esters is 1. The molecular weight excluding hydrogens is 865 g/mol. The van der Waals surface area contributed by atoms with E-state index in [1.165, 1.54) is 0 Å². The Hall–Kier alpha value is -3.48. The van der Waals surface area contributed by atoms with E-state index in [9.17, 15) is 65.8 Å². The third-order valence-corrected chi connectivity index (χ3v) is 11.5. The standard InChI is InChI=1S/C47H74N2O17/c1-29-15-13-11-9-7-5-3-4-6-8-10-12-14-16-34(65-46-44(60)43(48)39(58)28-63-46)25-40-42(45(61)49-19-20-50)38(57)27-47(62,66-40)26-33(53)23-37(56)35(54)18-17-31(51)22-32(52)24-41(59)64-30(2)21-36(29)55/h3-16,29-40,42-44,46,50-58,60,62H,17-28,48H2,1-2H3,(H,49,61)/b4-3+,7-5+,8-6+,11-9+,12-10+,15-13+,16-14+/t29-,30-,31+,32?,33?,34?,35?,36-,37?,38-,39+,40-,42+,43-,44-,46-,47?/m0/s1. The normalized spacial score (nSPS) is 42.7. The van der Waals surface area contributed by atoms with Gasteiger partial charge in [-0.1, -0.05) is 92.0 Å². The molecule has 0 spiro atoms. The highest BCUT2D eigenvalue weighted by Crippen LogP contribution is 2.38. The minimum absolute atomic E-state index is 0.1000. The van der Waals surface area contributed by atoms with Crippen LogP contribution in [0.3, 0.4) is 0 Å². The summed E-state index contributed by atoms with van der Waals surface area (Å²) in [6, 6.07) is -1.12. The molecule has 6 unspecified atom stereocenters. The molecule has 3 heterocycles. The van der Waals surface area contributed by atoms with E-state index in [0.29, 0.717) is 0 Å². The van der Waals surface area contributed by atoms with Crippen LogP contribution in [0.15, 0.2) is 85.1 Å². The number of aliphatic hydroxyl groups is 11. The summed E-state index contributed by atoms with van der Waals surface area (Å²) in [7, 11) is 0. The molecule has 19 nitrogen and oxygen atoms in total. The molecule has 17 atom stereocenters. The molecule has 0 radical (unpaired) electrons. The molecule has 19 heteroatoms. The van der Waals surface area contributed by atoms with E-state index in [1.54, 1.807) is 73.8 Å². The quantitative estimate of drug-likeness (QED) is 0.149. The fraction of sp³-hybridized carbons (Fsp3) is 0.660. The molecule has 3 aliphatic rings. The lowest BCUT2D eigenvalue weighted by molar-refractivity contribution is -0.304. The number of fused-ring (bicyclic) bond motifs is 2. The highest BCUT2D eigenvalue weighted by atomic mass is 16.7. The van der Waals surface area contributed by atoms with E-state index in [4.69, 9.17) is 24.7 Å². The first-order valence-corrected chi connectivity index (χ1v) is 22.6. The Kier molecular flexibility index (Phi) is 25.3. The third-order valence-electron chi connectivity index (χ3n) is 11.5. The molecule has 0 aromatic rings. The van der Waals surface area contributed by atoms with Gasteiger partial charge in [0.15, 0.2) is 12.1 Å². The second-order valence-corrected chi connectivity index (χ2v) is 17.4. The molecule has 0 aromatic heterocycles. The molecule has 0 aliphatic carbocycles. The average Bonchev–Trinajstić information content (AvgIpc) is 3.23. The Morgan fingerprint density at radius 2 is 1.33 bits per heavy atom. The Morgan fingerprint density at radius 3 is 1.95 bits per heavy atom. The number of allylic oxidation sites excluding steroid dienone is 12. The van der Waals surface area contributed by atoms with Crippen LogP contribution in [-0.4, -0.2) is 179 Å². The first kappa shape index (κ1) is 56.8. The number of ether oxygens (including phenoxy) is 4. The molecular formula is C47H74N2O17. The summed E-state index contributed by atoms with van der Waals surface area (Å²) in [5, 5.41) is 120. The van der Waals surface area contributed by atoms with E-state index in [-0.39, 0.29) is 51.2 Å². The smallest absolute Gasteiger partial charge is 0.308 e. The van der Waals surface area contributed by atoms with Crippen LogP contribution in [-0.2, 0) is 28.5 Å². The Bertz CT molecular complexity index is 1650. The number of cyclic esters (lactones) is 1. The van der Waals surface area contributed by atoms with Gasteiger partial charge in [-0.2, -0.15) is 0 Å². The van der Waals surface area contributed by atoms with Crippen molar-refractivity contribution in [3.63, 3.8) is 0 Å². The van der Waals surface area contributed by atoms with Crippen molar-refractivity contribution >= 4 is 11.9 Å². The highest BCUT2D eigenvalue weighted by Gasteiger charge is 2.50. The van der Waals surface area contributed by atoms with Gasteiger partial charge in [-0.15, -0.1) is 0 Å². The molecule has 0 aromatic carbocycles. The van der Waals surface area contributed by atoms with Gasteiger partial charge in [0.1, 0.15) is 12.2 Å². The number of carbonyl (C=O) groups is 2. The molecule has 2 bridgehead atoms. The van der Waals surface area contributed by atoms with E-state index < -0.39 is 141 Å². The van der Waals surface area contributed by atoms with Gasteiger partial charge >= 0.3 is 5.97 Å². The van der Waals surface area contributed by atoms with Crippen molar-refractivity contribution < 1.29 is 84.7 Å². The number of hydrogen-bond donors (Lipinski definition) is 13. The van der Waals surface area contributed by atoms with Gasteiger partial charge in [-0.05, 0) is 26.2 Å². The van der Waals surface area contributed by atoms with Crippen molar-refractivity contribution in [3.05, 3.63) is 85.1 Å². The second-order valence-electron chi connectivity index (χ2n) is 17.4. The van der Waals surface area contributed by atoms with Crippen LogP contribution in [0.5, 0.6) is 0 Å². The number of nitrogens with two attached hydrogens (primary N) is 1. The minimum atomic E-state index is -2.29. The molecule has 3 aliphatic heterocycles. The van der Waals surface area contributed by atoms with Crippen LogP contribution in [0.1, 0.15) is 71.6 Å². The topological polar surface area (TPSA) is 332 Å². The zero-order chi connectivity index (χ0) is 48.8. The van der Waals surface area contributed by atoms with E-state index in [1.807, 2.05) is 25.2 Å². The van der Waals surface area contributed by atoms with Crippen LogP contribution in [0.25, 0.3) is 0 Å². The fourth-order valence-corrected chi connectivity index (χ4v) is 7.81. The maximum absolute atomic E-state index is 13.4. The van der Waals surface area contributed by atoms with Crippen LogP contribution in [0.4, 0.5) is 0 Å². The molecule has 14 N–H and O–H groups in total. The first-order chi connectivity index (χ1) is 31.3. The number of amides is 1. The van der Waals surface area contributed by atoms with Crippen molar-refractivity contribution in [2.24, 2.45) is 17.6 Å².